The first-order valence-electron chi connectivity index (χ1n) is 10.4. The number of Topliss-reactive ketones (excluding diaryl/α,β-unsaturated/α-hetero) is 1. The molecule has 4 aromatic carbocycles. The Bertz CT molecular complexity index is 1250. The van der Waals surface area contributed by atoms with Crippen LogP contribution in [0, 0.1) is 0 Å². The summed E-state index contributed by atoms with van der Waals surface area (Å²) in [4.78, 5) is 38.6. The molecule has 0 unspecified atom stereocenters. The van der Waals surface area contributed by atoms with Gasteiger partial charge in [0.2, 0.25) is 5.78 Å². The van der Waals surface area contributed by atoms with E-state index in [-0.39, 0.29) is 17.3 Å². The molecule has 0 spiro atoms. The maximum absolute atomic E-state index is 13.1. The van der Waals surface area contributed by atoms with Crippen LogP contribution in [-0.2, 0) is 4.74 Å². The third-order valence-corrected chi connectivity index (χ3v) is 5.02. The SMILES string of the molecule is O=C(Nc1cccc(C(=O)O[C@@H](C(=O)c2ccccc2)c2ccccc2)c1)c1ccccc1. The Kier molecular flexibility index (Phi) is 6.71. The molecule has 0 aliphatic rings. The molecule has 0 aliphatic carbocycles. The number of ketones is 1. The number of nitrogens with one attached hydrogen (secondary N) is 1. The molecule has 5 heteroatoms. The van der Waals surface area contributed by atoms with Gasteiger partial charge in [0.25, 0.3) is 5.91 Å². The van der Waals surface area contributed by atoms with Crippen molar-refractivity contribution in [2.24, 2.45) is 0 Å². The standard InChI is InChI=1S/C28H21NO4/c30-25(20-11-4-1-5-12-20)26(21-13-6-2-7-14-21)33-28(32)23-17-10-18-24(19-23)29-27(31)22-15-8-3-9-16-22/h1-19,26H,(H,29,31)/t26-/m1/s1. The Morgan fingerprint density at radius 3 is 1.79 bits per heavy atom. The first kappa shape index (κ1) is 21.7. The van der Waals surface area contributed by atoms with Gasteiger partial charge in [-0.1, -0.05) is 84.9 Å². The molecule has 0 aromatic heterocycles. The van der Waals surface area contributed by atoms with E-state index in [1.165, 1.54) is 6.07 Å². The second kappa shape index (κ2) is 10.2. The molecule has 0 saturated heterocycles. The van der Waals surface area contributed by atoms with Gasteiger partial charge < -0.3 is 10.1 Å². The monoisotopic (exact) mass is 435 g/mol. The van der Waals surface area contributed by atoms with Crippen LogP contribution in [0.4, 0.5) is 5.69 Å². The van der Waals surface area contributed by atoms with Crippen LogP contribution in [0.15, 0.2) is 115 Å². The maximum atomic E-state index is 13.1. The minimum atomic E-state index is -1.09. The van der Waals surface area contributed by atoms with Gasteiger partial charge in [0.15, 0.2) is 6.10 Å². The summed E-state index contributed by atoms with van der Waals surface area (Å²) in [5.41, 5.74) is 2.20. The Labute approximate surface area is 191 Å². The van der Waals surface area contributed by atoms with Crippen LogP contribution in [0.5, 0.6) is 0 Å². The van der Waals surface area contributed by atoms with E-state index < -0.39 is 12.1 Å². The number of esters is 1. The lowest BCUT2D eigenvalue weighted by Crippen LogP contribution is -2.20. The lowest BCUT2D eigenvalue weighted by Gasteiger charge is -2.18. The lowest BCUT2D eigenvalue weighted by atomic mass is 9.99. The fourth-order valence-corrected chi connectivity index (χ4v) is 3.35. The van der Waals surface area contributed by atoms with Crippen LogP contribution in [0.25, 0.3) is 0 Å². The zero-order valence-corrected chi connectivity index (χ0v) is 17.7. The summed E-state index contributed by atoms with van der Waals surface area (Å²) in [7, 11) is 0. The summed E-state index contributed by atoms with van der Waals surface area (Å²) in [6, 6.07) is 32.8. The van der Waals surface area contributed by atoms with E-state index >= 15 is 0 Å². The van der Waals surface area contributed by atoms with Gasteiger partial charge in [-0.25, -0.2) is 4.79 Å². The van der Waals surface area contributed by atoms with Crippen molar-refractivity contribution < 1.29 is 19.1 Å². The quantitative estimate of drug-likeness (QED) is 0.298. The summed E-state index contributed by atoms with van der Waals surface area (Å²) in [5, 5.41) is 2.77. The number of rotatable bonds is 7. The fraction of sp³-hybridized carbons (Fsp3) is 0.0357. The number of benzene rings is 4. The molecule has 0 aliphatic heterocycles. The zero-order chi connectivity index (χ0) is 23.0. The molecule has 5 nitrogen and oxygen atoms in total. The van der Waals surface area contributed by atoms with Crippen LogP contribution >= 0.6 is 0 Å². The zero-order valence-electron chi connectivity index (χ0n) is 17.7. The Morgan fingerprint density at radius 2 is 1.15 bits per heavy atom. The second-order valence-corrected chi connectivity index (χ2v) is 7.33. The van der Waals surface area contributed by atoms with Gasteiger partial charge in [-0.15, -0.1) is 0 Å². The first-order chi connectivity index (χ1) is 16.1. The summed E-state index contributed by atoms with van der Waals surface area (Å²) in [6.07, 6.45) is -1.09. The van der Waals surface area contributed by atoms with E-state index in [1.807, 2.05) is 18.2 Å². The van der Waals surface area contributed by atoms with Crippen molar-refractivity contribution in [3.63, 3.8) is 0 Å². The van der Waals surface area contributed by atoms with Gasteiger partial charge in [-0.3, -0.25) is 9.59 Å². The highest BCUT2D eigenvalue weighted by Gasteiger charge is 2.26. The molecule has 33 heavy (non-hydrogen) atoms. The third kappa shape index (κ3) is 5.40. The van der Waals surface area contributed by atoms with E-state index in [1.54, 1.807) is 91.0 Å². The number of hydrogen-bond acceptors (Lipinski definition) is 4. The van der Waals surface area contributed by atoms with Crippen molar-refractivity contribution in [1.29, 1.82) is 0 Å². The maximum Gasteiger partial charge on any atom is 0.339 e. The number of hydrogen-bond donors (Lipinski definition) is 1. The highest BCUT2D eigenvalue weighted by atomic mass is 16.5. The fourth-order valence-electron chi connectivity index (χ4n) is 3.35. The minimum Gasteiger partial charge on any atom is -0.445 e. The van der Waals surface area contributed by atoms with Gasteiger partial charge in [-0.05, 0) is 30.3 Å². The summed E-state index contributed by atoms with van der Waals surface area (Å²) < 4.78 is 5.68. The molecule has 1 N–H and O–H groups in total. The van der Waals surface area contributed by atoms with Gasteiger partial charge >= 0.3 is 5.97 Å². The topological polar surface area (TPSA) is 72.5 Å². The molecule has 0 bridgehead atoms. The predicted molar refractivity (Wildman–Crippen MR) is 126 cm³/mol. The Morgan fingerprint density at radius 1 is 0.606 bits per heavy atom. The normalized spacial score (nSPS) is 11.3. The largest absolute Gasteiger partial charge is 0.445 e. The Hall–Kier alpha value is -4.51. The average Bonchev–Trinajstić information content (AvgIpc) is 2.88. The van der Waals surface area contributed by atoms with Crippen LogP contribution in [0.1, 0.15) is 42.7 Å². The van der Waals surface area contributed by atoms with Gasteiger partial charge in [0.1, 0.15) is 0 Å². The molecule has 0 radical (unpaired) electrons. The molecule has 0 saturated carbocycles. The van der Waals surface area contributed by atoms with Crippen molar-refractivity contribution in [1.82, 2.24) is 0 Å². The summed E-state index contributed by atoms with van der Waals surface area (Å²) >= 11 is 0. The lowest BCUT2D eigenvalue weighted by molar-refractivity contribution is 0.0280. The van der Waals surface area contributed by atoms with E-state index in [4.69, 9.17) is 4.74 Å². The van der Waals surface area contributed by atoms with E-state index in [0.29, 0.717) is 22.4 Å². The molecule has 0 fully saturated rings. The molecule has 1 amide bonds. The highest BCUT2D eigenvalue weighted by molar-refractivity contribution is 6.05. The highest BCUT2D eigenvalue weighted by Crippen LogP contribution is 2.25. The summed E-state index contributed by atoms with van der Waals surface area (Å²) in [6.45, 7) is 0. The number of ether oxygens (including phenoxy) is 1. The smallest absolute Gasteiger partial charge is 0.339 e. The molecule has 4 aromatic rings. The van der Waals surface area contributed by atoms with Gasteiger partial charge in [-0.2, -0.15) is 0 Å². The minimum absolute atomic E-state index is 0.225. The van der Waals surface area contributed by atoms with Crippen LogP contribution in [0.3, 0.4) is 0 Å². The third-order valence-electron chi connectivity index (χ3n) is 5.02. The molecule has 0 heterocycles. The van der Waals surface area contributed by atoms with Crippen molar-refractivity contribution in [3.8, 4) is 0 Å². The van der Waals surface area contributed by atoms with Crippen molar-refractivity contribution >= 4 is 23.3 Å². The van der Waals surface area contributed by atoms with E-state index in [9.17, 15) is 14.4 Å². The van der Waals surface area contributed by atoms with Crippen LogP contribution in [-0.4, -0.2) is 17.7 Å². The average molecular weight is 435 g/mol. The van der Waals surface area contributed by atoms with Crippen molar-refractivity contribution in [2.75, 3.05) is 5.32 Å². The van der Waals surface area contributed by atoms with Gasteiger partial charge in [0.05, 0.1) is 5.56 Å². The van der Waals surface area contributed by atoms with Crippen molar-refractivity contribution in [3.05, 3.63) is 138 Å². The van der Waals surface area contributed by atoms with E-state index in [0.717, 1.165) is 0 Å². The molecule has 162 valence electrons. The predicted octanol–water partition coefficient (Wildman–Crippen LogP) is 5.72. The number of carbonyl (C=O) groups is 3. The molecule has 4 rings (SSSR count). The molecule has 1 atom stereocenters. The second-order valence-electron chi connectivity index (χ2n) is 7.33. The van der Waals surface area contributed by atoms with Gasteiger partial charge in [0, 0.05) is 22.4 Å². The van der Waals surface area contributed by atoms with E-state index in [2.05, 4.69) is 5.32 Å². The van der Waals surface area contributed by atoms with Crippen LogP contribution in [0.2, 0.25) is 0 Å². The summed E-state index contributed by atoms with van der Waals surface area (Å²) in [5.74, 6) is -1.27. The Balaban J connectivity index is 1.55. The molecular weight excluding hydrogens is 414 g/mol. The van der Waals surface area contributed by atoms with Crippen molar-refractivity contribution in [2.45, 2.75) is 6.10 Å². The van der Waals surface area contributed by atoms with Crippen LogP contribution < -0.4 is 5.32 Å². The molecular formula is C28H21NO4. The number of carbonyl (C=O) groups excluding carboxylic acids is 3. The number of anilines is 1. The number of amides is 1. The first-order valence-corrected chi connectivity index (χ1v) is 10.4.